The molecule has 2 N–H and O–H groups in total. The number of carboxylic acid groups (broad SMARTS) is 1. The van der Waals surface area contributed by atoms with E-state index in [0.29, 0.717) is 12.2 Å². The van der Waals surface area contributed by atoms with E-state index in [0.717, 1.165) is 0 Å². The van der Waals surface area contributed by atoms with Crippen LogP contribution in [0.4, 0.5) is 4.79 Å². The lowest BCUT2D eigenvalue weighted by atomic mass is 9.99. The molecule has 4 atom stereocenters. The van der Waals surface area contributed by atoms with E-state index in [1.165, 1.54) is 4.90 Å². The second-order valence-electron chi connectivity index (χ2n) is 9.45. The van der Waals surface area contributed by atoms with Crippen LogP contribution < -0.4 is 5.32 Å². The molecular formula is C21H29N3O5. The summed E-state index contributed by atoms with van der Waals surface area (Å²) in [5.74, 6) is -1.34. The summed E-state index contributed by atoms with van der Waals surface area (Å²) >= 11 is 0. The maximum absolute atomic E-state index is 13.3. The van der Waals surface area contributed by atoms with E-state index in [1.54, 1.807) is 45.2 Å². The van der Waals surface area contributed by atoms with Crippen molar-refractivity contribution in [3.8, 4) is 0 Å². The minimum Gasteiger partial charge on any atom is -0.480 e. The molecule has 1 saturated carbocycles. The monoisotopic (exact) mass is 403 g/mol. The Bertz CT molecular complexity index is 802. The fourth-order valence-electron chi connectivity index (χ4n) is 4.37. The Labute approximate surface area is 170 Å². The van der Waals surface area contributed by atoms with Crippen LogP contribution in [0.2, 0.25) is 0 Å². The molecular weight excluding hydrogens is 374 g/mol. The van der Waals surface area contributed by atoms with E-state index in [4.69, 9.17) is 4.74 Å². The minimum absolute atomic E-state index is 0.0685. The van der Waals surface area contributed by atoms with Gasteiger partial charge in [0.05, 0.1) is 0 Å². The number of nitrogens with one attached hydrogen (secondary N) is 1. The predicted octanol–water partition coefficient (Wildman–Crippen LogP) is 2.08. The molecule has 1 unspecified atom stereocenters. The number of amides is 2. The zero-order valence-electron chi connectivity index (χ0n) is 17.5. The molecule has 2 fully saturated rings. The first-order valence-electron chi connectivity index (χ1n) is 9.84. The third kappa shape index (κ3) is 4.36. The van der Waals surface area contributed by atoms with Gasteiger partial charge in [0, 0.05) is 30.8 Å². The van der Waals surface area contributed by atoms with Crippen LogP contribution in [-0.2, 0) is 20.7 Å². The van der Waals surface area contributed by atoms with Crippen LogP contribution >= 0.6 is 0 Å². The van der Waals surface area contributed by atoms with Crippen LogP contribution in [-0.4, -0.2) is 57.2 Å². The lowest BCUT2D eigenvalue weighted by Gasteiger charge is -2.32. The number of likely N-dealkylation sites (tertiary alicyclic amines) is 1. The highest BCUT2D eigenvalue weighted by Gasteiger charge is 2.69. The van der Waals surface area contributed by atoms with Gasteiger partial charge >= 0.3 is 12.1 Å². The smallest absolute Gasteiger partial charge is 0.408 e. The van der Waals surface area contributed by atoms with Crippen LogP contribution in [0.5, 0.6) is 0 Å². The molecule has 2 aliphatic rings. The van der Waals surface area contributed by atoms with E-state index in [2.05, 4.69) is 10.3 Å². The number of carbonyl (C=O) groups excluding carboxylic acids is 2. The number of rotatable bonds is 5. The molecule has 8 nitrogen and oxygen atoms in total. The quantitative estimate of drug-likeness (QED) is 0.779. The number of nitrogens with zero attached hydrogens (tertiary/aromatic N) is 2. The molecule has 1 aliphatic carbocycles. The molecule has 8 heteroatoms. The summed E-state index contributed by atoms with van der Waals surface area (Å²) in [7, 11) is 0. The van der Waals surface area contributed by atoms with Crippen LogP contribution in [0.25, 0.3) is 0 Å². The molecule has 1 aromatic heterocycles. The number of piperidine rings is 1. The molecule has 1 aliphatic heterocycles. The lowest BCUT2D eigenvalue weighted by Crippen LogP contribution is -2.55. The number of aliphatic carboxylic acids is 1. The summed E-state index contributed by atoms with van der Waals surface area (Å²) in [6.45, 7) is 9.65. The van der Waals surface area contributed by atoms with Crippen LogP contribution in [0.1, 0.15) is 40.3 Å². The summed E-state index contributed by atoms with van der Waals surface area (Å²) in [6, 6.07) is 3.48. The van der Waals surface area contributed by atoms with E-state index >= 15 is 0 Å². The van der Waals surface area contributed by atoms with Crippen molar-refractivity contribution in [1.82, 2.24) is 15.2 Å². The van der Waals surface area contributed by atoms with Crippen molar-refractivity contribution in [3.63, 3.8) is 0 Å². The summed E-state index contributed by atoms with van der Waals surface area (Å²) in [4.78, 5) is 43.2. The second kappa shape index (κ2) is 7.31. The maximum atomic E-state index is 13.3. The van der Waals surface area contributed by atoms with Crippen LogP contribution in [0, 0.1) is 17.3 Å². The minimum atomic E-state index is -1.01. The van der Waals surface area contributed by atoms with Gasteiger partial charge in [0.15, 0.2) is 0 Å². The molecule has 158 valence electrons. The largest absolute Gasteiger partial charge is 0.480 e. The van der Waals surface area contributed by atoms with Crippen molar-refractivity contribution in [2.45, 2.75) is 58.7 Å². The molecule has 1 aromatic rings. The van der Waals surface area contributed by atoms with E-state index in [-0.39, 0.29) is 23.7 Å². The Morgan fingerprint density at radius 2 is 2.03 bits per heavy atom. The highest BCUT2D eigenvalue weighted by molar-refractivity contribution is 5.91. The Morgan fingerprint density at radius 3 is 2.59 bits per heavy atom. The molecule has 0 radical (unpaired) electrons. The van der Waals surface area contributed by atoms with Crippen molar-refractivity contribution in [1.29, 1.82) is 0 Å². The summed E-state index contributed by atoms with van der Waals surface area (Å²) in [5, 5.41) is 12.4. The summed E-state index contributed by atoms with van der Waals surface area (Å²) < 4.78 is 5.30. The van der Waals surface area contributed by atoms with Crippen molar-refractivity contribution < 1.29 is 24.2 Å². The SMILES string of the molecule is CC(C)(C)OC(=O)NC(Cc1ccccn1)C(=O)N1C[C@H]2[C@@H]([C@H]1C(=O)O)C2(C)C. The van der Waals surface area contributed by atoms with E-state index in [9.17, 15) is 19.5 Å². The van der Waals surface area contributed by atoms with Crippen molar-refractivity contribution >= 4 is 18.0 Å². The maximum Gasteiger partial charge on any atom is 0.408 e. The van der Waals surface area contributed by atoms with E-state index in [1.807, 2.05) is 13.8 Å². The third-order valence-electron chi connectivity index (χ3n) is 5.87. The van der Waals surface area contributed by atoms with Gasteiger partial charge in [-0.15, -0.1) is 0 Å². The standard InChI is InChI=1S/C21H29N3O5/c1-20(2,3)29-19(28)23-14(10-12-8-6-7-9-22-12)17(25)24-11-13-15(21(13,4)5)16(24)18(26)27/h6-9,13-16H,10-11H2,1-5H3,(H,23,28)(H,26,27)/t13-,14?,15-,16-/m0/s1. The molecule has 2 amide bonds. The van der Waals surface area contributed by atoms with Crippen molar-refractivity contribution in [2.24, 2.45) is 17.3 Å². The molecule has 0 spiro atoms. The second-order valence-corrected chi connectivity index (χ2v) is 9.45. The normalized spacial score (nSPS) is 25.7. The molecule has 2 heterocycles. The van der Waals surface area contributed by atoms with Crippen LogP contribution in [0.15, 0.2) is 24.4 Å². The van der Waals surface area contributed by atoms with Gasteiger partial charge in [-0.25, -0.2) is 9.59 Å². The number of fused-ring (bicyclic) bond motifs is 1. The van der Waals surface area contributed by atoms with Gasteiger partial charge in [0.25, 0.3) is 0 Å². The van der Waals surface area contributed by atoms with Gasteiger partial charge in [0.1, 0.15) is 17.7 Å². The van der Waals surface area contributed by atoms with Gasteiger partial charge in [0.2, 0.25) is 5.91 Å². The van der Waals surface area contributed by atoms with Crippen LogP contribution in [0.3, 0.4) is 0 Å². The fourth-order valence-corrected chi connectivity index (χ4v) is 4.37. The zero-order valence-corrected chi connectivity index (χ0v) is 17.5. The number of ether oxygens (including phenoxy) is 1. The first-order chi connectivity index (χ1) is 13.4. The summed E-state index contributed by atoms with van der Waals surface area (Å²) in [5.41, 5.74) is -0.181. The molecule has 29 heavy (non-hydrogen) atoms. The van der Waals surface area contributed by atoms with Crippen molar-refractivity contribution in [3.05, 3.63) is 30.1 Å². The molecule has 0 aromatic carbocycles. The Hall–Kier alpha value is -2.64. The number of carbonyl (C=O) groups is 3. The number of aromatic nitrogens is 1. The predicted molar refractivity (Wildman–Crippen MR) is 105 cm³/mol. The van der Waals surface area contributed by atoms with E-state index < -0.39 is 35.7 Å². The van der Waals surface area contributed by atoms with Crippen molar-refractivity contribution in [2.75, 3.05) is 6.54 Å². The van der Waals surface area contributed by atoms with Gasteiger partial charge in [-0.05, 0) is 44.2 Å². The third-order valence-corrected chi connectivity index (χ3v) is 5.87. The average Bonchev–Trinajstić information content (AvgIpc) is 2.95. The highest BCUT2D eigenvalue weighted by Crippen LogP contribution is 2.64. The number of pyridine rings is 1. The van der Waals surface area contributed by atoms with Gasteiger partial charge < -0.3 is 20.1 Å². The molecule has 0 bridgehead atoms. The number of hydrogen-bond donors (Lipinski definition) is 2. The Morgan fingerprint density at radius 1 is 1.34 bits per heavy atom. The Kier molecular flexibility index (Phi) is 5.32. The molecule has 3 rings (SSSR count). The fraction of sp³-hybridized carbons (Fsp3) is 0.619. The zero-order chi connectivity index (χ0) is 21.6. The number of hydrogen-bond acceptors (Lipinski definition) is 5. The molecule has 1 saturated heterocycles. The summed E-state index contributed by atoms with van der Waals surface area (Å²) in [6.07, 6.45) is 1.04. The number of alkyl carbamates (subject to hydrolysis) is 1. The number of carboxylic acids is 1. The van der Waals surface area contributed by atoms with Gasteiger partial charge in [-0.1, -0.05) is 19.9 Å². The first-order valence-corrected chi connectivity index (χ1v) is 9.84. The van der Waals surface area contributed by atoms with Gasteiger partial charge in [-0.2, -0.15) is 0 Å². The lowest BCUT2D eigenvalue weighted by molar-refractivity contribution is -0.151. The average molecular weight is 403 g/mol. The highest BCUT2D eigenvalue weighted by atomic mass is 16.6. The van der Waals surface area contributed by atoms with Gasteiger partial charge in [-0.3, -0.25) is 9.78 Å². The topological polar surface area (TPSA) is 109 Å². The first kappa shape index (κ1) is 21.1. The Balaban J connectivity index is 1.80.